The van der Waals surface area contributed by atoms with Crippen molar-refractivity contribution in [2.45, 2.75) is 38.3 Å². The summed E-state index contributed by atoms with van der Waals surface area (Å²) < 4.78 is 4.70. The van der Waals surface area contributed by atoms with Crippen LogP contribution in [0.5, 0.6) is 0 Å². The van der Waals surface area contributed by atoms with Crippen molar-refractivity contribution in [3.8, 4) is 0 Å². The lowest BCUT2D eigenvalue weighted by atomic mass is 10.0. The molecule has 1 N–H and O–H groups in total. The molecule has 0 spiro atoms. The fourth-order valence-electron chi connectivity index (χ4n) is 3.08. The van der Waals surface area contributed by atoms with Crippen molar-refractivity contribution in [1.29, 1.82) is 0 Å². The van der Waals surface area contributed by atoms with Crippen LogP contribution in [0.25, 0.3) is 0 Å². The van der Waals surface area contributed by atoms with Gasteiger partial charge in [0.15, 0.2) is 0 Å². The summed E-state index contributed by atoms with van der Waals surface area (Å²) >= 11 is 0. The molecule has 112 valence electrons. The first-order chi connectivity index (χ1) is 9.47. The Morgan fingerprint density at radius 1 is 1.15 bits per heavy atom. The molecule has 2 fully saturated rings. The average molecular weight is 284 g/mol. The third-order valence-electron chi connectivity index (χ3n) is 4.17. The number of ether oxygens (including phenoxy) is 1. The number of hydrogen-bond acceptors (Lipinski definition) is 4. The largest absolute Gasteiger partial charge is 0.480 e. The Morgan fingerprint density at radius 2 is 1.85 bits per heavy atom. The lowest BCUT2D eigenvalue weighted by Crippen LogP contribution is -2.52. The summed E-state index contributed by atoms with van der Waals surface area (Å²) in [6.07, 6.45) is 1.96. The minimum absolute atomic E-state index is 0.0735. The second kappa shape index (κ2) is 5.68. The third-order valence-corrected chi connectivity index (χ3v) is 4.17. The number of carboxylic acid groups (broad SMARTS) is 1. The molecule has 0 aromatic rings. The molecule has 2 heterocycles. The number of urea groups is 1. The molecule has 7 heteroatoms. The molecule has 3 atom stereocenters. The van der Waals surface area contributed by atoms with E-state index in [1.165, 1.54) is 16.9 Å². The lowest BCUT2D eigenvalue weighted by molar-refractivity contribution is -0.145. The van der Waals surface area contributed by atoms with Gasteiger partial charge in [0, 0.05) is 13.1 Å². The molecule has 2 aliphatic rings. The van der Waals surface area contributed by atoms with Gasteiger partial charge in [0.25, 0.3) is 0 Å². The van der Waals surface area contributed by atoms with E-state index in [1.54, 1.807) is 0 Å². The Morgan fingerprint density at radius 3 is 2.45 bits per heavy atom. The molecule has 2 aliphatic heterocycles. The van der Waals surface area contributed by atoms with Crippen LogP contribution in [0.15, 0.2) is 0 Å². The van der Waals surface area contributed by atoms with E-state index >= 15 is 0 Å². The SMILES string of the molecule is COC(=O)C1CCCN1C(=O)N1CCC(C)C1C(=O)O. The molecule has 2 saturated heterocycles. The smallest absolute Gasteiger partial charge is 0.328 e. The van der Waals surface area contributed by atoms with Crippen LogP contribution in [-0.2, 0) is 14.3 Å². The maximum atomic E-state index is 12.5. The van der Waals surface area contributed by atoms with Gasteiger partial charge in [0.2, 0.25) is 0 Å². The fraction of sp³-hybridized carbons (Fsp3) is 0.769. The fourth-order valence-corrected chi connectivity index (χ4v) is 3.08. The summed E-state index contributed by atoms with van der Waals surface area (Å²) in [4.78, 5) is 38.3. The maximum absolute atomic E-state index is 12.5. The van der Waals surface area contributed by atoms with Gasteiger partial charge in [0.05, 0.1) is 7.11 Å². The Labute approximate surface area is 117 Å². The Balaban J connectivity index is 2.14. The predicted molar refractivity (Wildman–Crippen MR) is 69.1 cm³/mol. The number of carbonyl (C=O) groups is 3. The molecular formula is C13H20N2O5. The summed E-state index contributed by atoms with van der Waals surface area (Å²) in [6.45, 7) is 2.71. The maximum Gasteiger partial charge on any atom is 0.328 e. The van der Waals surface area contributed by atoms with Crippen LogP contribution in [0, 0.1) is 5.92 Å². The summed E-state index contributed by atoms with van der Waals surface area (Å²) in [5, 5.41) is 9.26. The molecular weight excluding hydrogens is 264 g/mol. The summed E-state index contributed by atoms with van der Waals surface area (Å²) in [7, 11) is 1.29. The molecule has 0 aromatic heterocycles. The number of esters is 1. The molecule has 2 rings (SSSR count). The predicted octanol–water partition coefficient (Wildman–Crippen LogP) is 0.539. The van der Waals surface area contributed by atoms with Crippen molar-refractivity contribution < 1.29 is 24.2 Å². The van der Waals surface area contributed by atoms with Crippen molar-refractivity contribution >= 4 is 18.0 Å². The lowest BCUT2D eigenvalue weighted by Gasteiger charge is -2.31. The molecule has 7 nitrogen and oxygen atoms in total. The standard InChI is InChI=1S/C13H20N2O5/c1-8-5-7-15(10(8)11(16)17)13(19)14-6-3-4-9(14)12(18)20-2/h8-10H,3-7H2,1-2H3,(H,16,17). The van der Waals surface area contributed by atoms with E-state index < -0.39 is 24.0 Å². The molecule has 0 bridgehead atoms. The van der Waals surface area contributed by atoms with Crippen LogP contribution < -0.4 is 0 Å². The van der Waals surface area contributed by atoms with Gasteiger partial charge in [-0.1, -0.05) is 6.92 Å². The molecule has 2 amide bonds. The number of carboxylic acids is 1. The zero-order chi connectivity index (χ0) is 14.9. The van der Waals surface area contributed by atoms with E-state index in [4.69, 9.17) is 4.74 Å². The number of nitrogens with zero attached hydrogens (tertiary/aromatic N) is 2. The number of carbonyl (C=O) groups excluding carboxylic acids is 2. The van der Waals surface area contributed by atoms with E-state index in [9.17, 15) is 19.5 Å². The second-order valence-electron chi connectivity index (χ2n) is 5.40. The van der Waals surface area contributed by atoms with Gasteiger partial charge in [0.1, 0.15) is 12.1 Å². The monoisotopic (exact) mass is 284 g/mol. The first-order valence-electron chi connectivity index (χ1n) is 6.85. The Hall–Kier alpha value is -1.79. The van der Waals surface area contributed by atoms with Crippen LogP contribution in [0.4, 0.5) is 4.79 Å². The zero-order valence-electron chi connectivity index (χ0n) is 11.7. The van der Waals surface area contributed by atoms with Gasteiger partial charge in [-0.15, -0.1) is 0 Å². The first-order valence-corrected chi connectivity index (χ1v) is 6.85. The normalized spacial score (nSPS) is 29.6. The van der Waals surface area contributed by atoms with Crippen molar-refractivity contribution in [2.24, 2.45) is 5.92 Å². The molecule has 0 radical (unpaired) electrons. The number of amides is 2. The van der Waals surface area contributed by atoms with E-state index in [0.29, 0.717) is 25.9 Å². The summed E-state index contributed by atoms with van der Waals surface area (Å²) in [5.41, 5.74) is 0. The van der Waals surface area contributed by atoms with E-state index in [2.05, 4.69) is 0 Å². The molecule has 0 aliphatic carbocycles. The van der Waals surface area contributed by atoms with Crippen LogP contribution >= 0.6 is 0 Å². The number of likely N-dealkylation sites (tertiary alicyclic amines) is 2. The van der Waals surface area contributed by atoms with Gasteiger partial charge in [-0.3, -0.25) is 0 Å². The Kier molecular flexibility index (Phi) is 4.15. The topological polar surface area (TPSA) is 87.2 Å². The van der Waals surface area contributed by atoms with Crippen molar-refractivity contribution in [3.63, 3.8) is 0 Å². The number of methoxy groups -OCH3 is 1. The quantitative estimate of drug-likeness (QED) is 0.748. The Bertz CT molecular complexity index is 425. The van der Waals surface area contributed by atoms with Gasteiger partial charge >= 0.3 is 18.0 Å². The molecule has 3 unspecified atom stereocenters. The van der Waals surface area contributed by atoms with Crippen molar-refractivity contribution in [2.75, 3.05) is 20.2 Å². The van der Waals surface area contributed by atoms with Crippen LogP contribution in [0.3, 0.4) is 0 Å². The summed E-state index contributed by atoms with van der Waals surface area (Å²) in [5.74, 6) is -1.50. The van der Waals surface area contributed by atoms with Crippen LogP contribution in [0.1, 0.15) is 26.2 Å². The van der Waals surface area contributed by atoms with Gasteiger partial charge in [-0.25, -0.2) is 14.4 Å². The van der Waals surface area contributed by atoms with Crippen molar-refractivity contribution in [1.82, 2.24) is 9.80 Å². The van der Waals surface area contributed by atoms with E-state index in [1.807, 2.05) is 6.92 Å². The molecule has 20 heavy (non-hydrogen) atoms. The van der Waals surface area contributed by atoms with E-state index in [-0.39, 0.29) is 11.9 Å². The third kappa shape index (κ3) is 2.44. The second-order valence-corrected chi connectivity index (χ2v) is 5.40. The highest BCUT2D eigenvalue weighted by atomic mass is 16.5. The highest BCUT2D eigenvalue weighted by Crippen LogP contribution is 2.28. The number of hydrogen-bond donors (Lipinski definition) is 1. The number of aliphatic carboxylic acids is 1. The first kappa shape index (κ1) is 14.6. The zero-order valence-corrected chi connectivity index (χ0v) is 11.7. The van der Waals surface area contributed by atoms with Gasteiger partial charge in [-0.05, 0) is 25.2 Å². The minimum atomic E-state index is -0.989. The minimum Gasteiger partial charge on any atom is -0.480 e. The van der Waals surface area contributed by atoms with Crippen LogP contribution in [0.2, 0.25) is 0 Å². The summed E-state index contributed by atoms with van der Waals surface area (Å²) in [6, 6.07) is -1.76. The van der Waals surface area contributed by atoms with Crippen molar-refractivity contribution in [3.05, 3.63) is 0 Å². The number of rotatable bonds is 2. The van der Waals surface area contributed by atoms with Gasteiger partial charge in [-0.2, -0.15) is 0 Å². The van der Waals surface area contributed by atoms with E-state index in [0.717, 1.165) is 6.42 Å². The molecule has 0 aromatic carbocycles. The average Bonchev–Trinajstić information content (AvgIpc) is 3.03. The molecule has 0 saturated carbocycles. The van der Waals surface area contributed by atoms with Crippen LogP contribution in [-0.4, -0.2) is 65.2 Å². The highest BCUT2D eigenvalue weighted by Gasteiger charge is 2.44. The highest BCUT2D eigenvalue weighted by molar-refractivity contribution is 5.87. The van der Waals surface area contributed by atoms with Gasteiger partial charge < -0.3 is 19.6 Å².